The zero-order valence-corrected chi connectivity index (χ0v) is 18.0. The molecule has 0 bridgehead atoms. The van der Waals surface area contributed by atoms with Gasteiger partial charge in [-0.25, -0.2) is 22.2 Å². The fourth-order valence-electron chi connectivity index (χ4n) is 4.12. The van der Waals surface area contributed by atoms with E-state index in [4.69, 9.17) is 0 Å². The van der Waals surface area contributed by atoms with Gasteiger partial charge in [-0.2, -0.15) is 0 Å². The van der Waals surface area contributed by atoms with Gasteiger partial charge in [-0.1, -0.05) is 30.3 Å². The second kappa shape index (κ2) is 8.09. The van der Waals surface area contributed by atoms with E-state index in [-0.39, 0.29) is 11.7 Å². The van der Waals surface area contributed by atoms with Crippen molar-refractivity contribution >= 4 is 32.4 Å². The molecule has 1 aromatic heterocycles. The summed E-state index contributed by atoms with van der Waals surface area (Å²) in [6.45, 7) is 0. The van der Waals surface area contributed by atoms with Crippen LogP contribution in [0, 0.1) is 11.6 Å². The van der Waals surface area contributed by atoms with Gasteiger partial charge < -0.3 is 10.4 Å². The van der Waals surface area contributed by atoms with Crippen LogP contribution in [0.25, 0.3) is 10.9 Å². The molecule has 3 aromatic carbocycles. The number of benzene rings is 3. The Balaban J connectivity index is 1.45. The van der Waals surface area contributed by atoms with Gasteiger partial charge in [0.1, 0.15) is 17.5 Å². The van der Waals surface area contributed by atoms with Crippen LogP contribution in [0.3, 0.4) is 0 Å². The van der Waals surface area contributed by atoms with E-state index in [9.17, 15) is 22.3 Å². The quantitative estimate of drug-likeness (QED) is 0.405. The fourth-order valence-corrected chi connectivity index (χ4v) is 5.24. The highest BCUT2D eigenvalue weighted by Gasteiger charge is 2.30. The van der Waals surface area contributed by atoms with Crippen LogP contribution < -0.4 is 10.0 Å². The number of hydrogen-bond donors (Lipinski definition) is 3. The van der Waals surface area contributed by atoms with Crippen LogP contribution in [0.15, 0.2) is 77.7 Å². The monoisotopic (exact) mass is 467 g/mol. The molecule has 0 fully saturated rings. The Kier molecular flexibility index (Phi) is 5.22. The summed E-state index contributed by atoms with van der Waals surface area (Å²) >= 11 is 0. The lowest BCUT2D eigenvalue weighted by Gasteiger charge is -2.19. The van der Waals surface area contributed by atoms with E-state index >= 15 is 0 Å². The molecule has 0 spiro atoms. The van der Waals surface area contributed by atoms with E-state index in [2.05, 4.69) is 15.0 Å². The topological polar surface area (TPSA) is 91.3 Å². The lowest BCUT2D eigenvalue weighted by molar-refractivity contribution is 0.165. The lowest BCUT2D eigenvalue weighted by Crippen LogP contribution is -2.21. The smallest absolute Gasteiger partial charge is 0.262 e. The molecule has 1 aliphatic carbocycles. The molecule has 0 aliphatic heterocycles. The largest absolute Gasteiger partial charge is 0.390 e. The van der Waals surface area contributed by atoms with Gasteiger partial charge in [-0.3, -0.25) is 4.72 Å². The summed E-state index contributed by atoms with van der Waals surface area (Å²) in [7, 11) is -4.23. The number of fused-ring (bicyclic) bond motifs is 2. The molecule has 0 saturated heterocycles. The van der Waals surface area contributed by atoms with Crippen molar-refractivity contribution in [1.82, 2.24) is 4.98 Å². The normalized spacial score (nSPS) is 17.7. The number of halogens is 2. The zero-order valence-electron chi connectivity index (χ0n) is 17.2. The van der Waals surface area contributed by atoms with Crippen LogP contribution in [-0.2, 0) is 16.4 Å². The number of anilines is 2. The van der Waals surface area contributed by atoms with E-state index in [1.807, 2.05) is 24.3 Å². The number of sulfonamides is 1. The number of aliphatic hydroxyl groups is 1. The van der Waals surface area contributed by atoms with Crippen LogP contribution >= 0.6 is 0 Å². The highest BCUT2D eigenvalue weighted by Crippen LogP contribution is 2.34. The van der Waals surface area contributed by atoms with Crippen molar-refractivity contribution in [3.05, 3.63) is 95.6 Å². The summed E-state index contributed by atoms with van der Waals surface area (Å²) < 4.78 is 54.8. The Morgan fingerprint density at radius 1 is 0.939 bits per heavy atom. The SMILES string of the molecule is O=S(=O)(Nc1cccc2nc(N[C@@H]3c4ccccc4C[C@@H]3O)ccc12)c1cc(F)cc(F)c1. The molecule has 168 valence electrons. The van der Waals surface area contributed by atoms with Crippen molar-refractivity contribution in [3.8, 4) is 0 Å². The van der Waals surface area contributed by atoms with E-state index in [0.29, 0.717) is 29.2 Å². The molecular weight excluding hydrogens is 448 g/mol. The fraction of sp³-hybridized carbons (Fsp3) is 0.125. The predicted octanol–water partition coefficient (Wildman–Crippen LogP) is 4.38. The van der Waals surface area contributed by atoms with Crippen LogP contribution in [0.4, 0.5) is 20.3 Å². The first-order valence-corrected chi connectivity index (χ1v) is 11.7. The zero-order chi connectivity index (χ0) is 23.2. The maximum Gasteiger partial charge on any atom is 0.262 e. The minimum Gasteiger partial charge on any atom is -0.390 e. The van der Waals surface area contributed by atoms with Gasteiger partial charge >= 0.3 is 0 Å². The van der Waals surface area contributed by atoms with Gasteiger partial charge in [0.25, 0.3) is 10.0 Å². The molecule has 3 N–H and O–H groups in total. The number of nitrogens with zero attached hydrogens (tertiary/aromatic N) is 1. The first-order valence-electron chi connectivity index (χ1n) is 10.2. The van der Waals surface area contributed by atoms with Crippen LogP contribution in [0.2, 0.25) is 0 Å². The number of aromatic nitrogens is 1. The molecule has 9 heteroatoms. The predicted molar refractivity (Wildman–Crippen MR) is 121 cm³/mol. The van der Waals surface area contributed by atoms with E-state index < -0.39 is 32.7 Å². The third-order valence-electron chi connectivity index (χ3n) is 5.63. The third kappa shape index (κ3) is 4.12. The van der Waals surface area contributed by atoms with Crippen molar-refractivity contribution in [2.24, 2.45) is 0 Å². The Morgan fingerprint density at radius 2 is 1.70 bits per heavy atom. The molecule has 1 heterocycles. The van der Waals surface area contributed by atoms with E-state index in [0.717, 1.165) is 23.3 Å². The average molecular weight is 467 g/mol. The number of nitrogens with one attached hydrogen (secondary N) is 2. The van der Waals surface area contributed by atoms with Gasteiger partial charge in [0, 0.05) is 17.9 Å². The van der Waals surface area contributed by atoms with Gasteiger partial charge in [0.2, 0.25) is 0 Å². The Hall–Kier alpha value is -3.56. The van der Waals surface area contributed by atoms with Gasteiger partial charge in [-0.15, -0.1) is 0 Å². The minimum absolute atomic E-state index is 0.225. The van der Waals surface area contributed by atoms with E-state index in [1.54, 1.807) is 30.3 Å². The number of pyridine rings is 1. The number of aliphatic hydroxyl groups excluding tert-OH is 1. The Morgan fingerprint density at radius 3 is 2.48 bits per heavy atom. The standard InChI is InChI=1S/C24H19F2N3O3S/c25-15-11-16(26)13-17(12-15)33(31,32)29-21-7-3-6-20-19(21)8-9-23(27-20)28-24-18-5-2-1-4-14(18)10-22(24)30/h1-9,11-13,22,24,29-30H,10H2,(H,27,28)/t22-,24+/m0/s1. The van der Waals surface area contributed by atoms with Gasteiger partial charge in [-0.05, 0) is 47.5 Å². The maximum atomic E-state index is 13.5. The third-order valence-corrected chi connectivity index (χ3v) is 6.97. The molecule has 0 radical (unpaired) electrons. The summed E-state index contributed by atoms with van der Waals surface area (Å²) in [5.41, 5.74) is 2.82. The molecule has 2 atom stereocenters. The molecule has 0 unspecified atom stereocenters. The van der Waals surface area contributed by atoms with Crippen LogP contribution in [-0.4, -0.2) is 24.6 Å². The van der Waals surface area contributed by atoms with Crippen molar-refractivity contribution in [2.75, 3.05) is 10.0 Å². The maximum absolute atomic E-state index is 13.5. The Labute approximate surface area is 189 Å². The van der Waals surface area contributed by atoms with Crippen molar-refractivity contribution in [3.63, 3.8) is 0 Å². The molecule has 4 aromatic rings. The lowest BCUT2D eigenvalue weighted by atomic mass is 10.1. The highest BCUT2D eigenvalue weighted by molar-refractivity contribution is 7.92. The molecule has 33 heavy (non-hydrogen) atoms. The van der Waals surface area contributed by atoms with Crippen molar-refractivity contribution in [2.45, 2.75) is 23.5 Å². The summed E-state index contributed by atoms with van der Waals surface area (Å²) in [6.07, 6.45) is -0.0432. The molecule has 0 saturated carbocycles. The van der Waals surface area contributed by atoms with Crippen LogP contribution in [0.5, 0.6) is 0 Å². The van der Waals surface area contributed by atoms with Gasteiger partial charge in [0.05, 0.1) is 28.2 Å². The van der Waals surface area contributed by atoms with E-state index in [1.165, 1.54) is 0 Å². The molecule has 1 aliphatic rings. The number of rotatable bonds is 5. The first-order chi connectivity index (χ1) is 15.8. The average Bonchev–Trinajstić information content (AvgIpc) is 3.08. The Bertz CT molecular complexity index is 1460. The second-order valence-corrected chi connectivity index (χ2v) is 9.55. The first kappa shape index (κ1) is 21.3. The summed E-state index contributed by atoms with van der Waals surface area (Å²) in [4.78, 5) is 4.04. The summed E-state index contributed by atoms with van der Waals surface area (Å²) in [5.74, 6) is -1.45. The highest BCUT2D eigenvalue weighted by atomic mass is 32.2. The second-order valence-electron chi connectivity index (χ2n) is 7.87. The molecule has 5 rings (SSSR count). The molecule has 6 nitrogen and oxygen atoms in total. The summed E-state index contributed by atoms with van der Waals surface area (Å²) in [5, 5.41) is 14.3. The minimum atomic E-state index is -4.23. The van der Waals surface area contributed by atoms with Crippen LogP contribution in [0.1, 0.15) is 17.2 Å². The van der Waals surface area contributed by atoms with Gasteiger partial charge in [0.15, 0.2) is 0 Å². The van der Waals surface area contributed by atoms with Crippen molar-refractivity contribution < 1.29 is 22.3 Å². The molecule has 0 amide bonds. The number of hydrogen-bond acceptors (Lipinski definition) is 5. The van der Waals surface area contributed by atoms with Crippen molar-refractivity contribution in [1.29, 1.82) is 0 Å². The summed E-state index contributed by atoms with van der Waals surface area (Å²) in [6, 6.07) is 17.9. The molecular formula is C24H19F2N3O3S.